The topological polar surface area (TPSA) is 117 Å². The second-order valence-corrected chi connectivity index (χ2v) is 16.9. The maximum atomic E-state index is 13.6. The van der Waals surface area contributed by atoms with Crippen molar-refractivity contribution in [3.05, 3.63) is 185 Å². The summed E-state index contributed by atoms with van der Waals surface area (Å²) in [5.41, 5.74) is 6.54. The normalized spacial score (nSPS) is 18.2. The van der Waals surface area contributed by atoms with Gasteiger partial charge in [0.1, 0.15) is 6.04 Å². The lowest BCUT2D eigenvalue weighted by Gasteiger charge is -2.39. The van der Waals surface area contributed by atoms with Gasteiger partial charge in [-0.15, -0.1) is 0 Å². The smallest absolute Gasteiger partial charge is 0.241 e. The number of aryl methyl sites for hydroxylation is 1. The number of benzene rings is 6. The quantitative estimate of drug-likeness (QED) is 0.0963. The number of nitrogens with one attached hydrogen (secondary N) is 2. The zero-order valence-corrected chi connectivity index (χ0v) is 33.9. The first-order valence-corrected chi connectivity index (χ1v) is 21.2. The van der Waals surface area contributed by atoms with Gasteiger partial charge in [-0.2, -0.15) is 4.72 Å². The number of amides is 1. The van der Waals surface area contributed by atoms with Gasteiger partial charge >= 0.3 is 0 Å². The minimum atomic E-state index is -3.96. The van der Waals surface area contributed by atoms with Crippen molar-refractivity contribution in [3.8, 4) is 0 Å². The van der Waals surface area contributed by atoms with Crippen LogP contribution in [0, 0.1) is 6.92 Å². The molecule has 1 heterocycles. The molecular weight excluding hydrogens is 747 g/mol. The Morgan fingerprint density at radius 2 is 1.43 bits per heavy atom. The van der Waals surface area contributed by atoms with Crippen LogP contribution in [-0.4, -0.2) is 50.1 Å². The molecular formula is C48H51N3O6S. The van der Waals surface area contributed by atoms with E-state index in [0.717, 1.165) is 33.4 Å². The molecule has 0 bridgehead atoms. The van der Waals surface area contributed by atoms with Crippen LogP contribution in [0.25, 0.3) is 10.8 Å². The first-order valence-electron chi connectivity index (χ1n) is 19.7. The fraction of sp³-hybridized carbons (Fsp3) is 0.271. The van der Waals surface area contributed by atoms with E-state index in [1.807, 2.05) is 85.8 Å². The van der Waals surface area contributed by atoms with Crippen LogP contribution in [0.2, 0.25) is 0 Å². The van der Waals surface area contributed by atoms with Crippen LogP contribution >= 0.6 is 0 Å². The molecule has 10 heteroatoms. The maximum Gasteiger partial charge on any atom is 0.241 e. The van der Waals surface area contributed by atoms with E-state index in [1.165, 1.54) is 16.3 Å². The van der Waals surface area contributed by atoms with Crippen molar-refractivity contribution in [2.45, 2.75) is 75.3 Å². The predicted octanol–water partition coefficient (Wildman–Crippen LogP) is 8.08. The first kappa shape index (κ1) is 41.0. The summed E-state index contributed by atoms with van der Waals surface area (Å²) in [4.78, 5) is 16.1. The zero-order valence-electron chi connectivity index (χ0n) is 33.1. The molecule has 1 saturated heterocycles. The van der Waals surface area contributed by atoms with E-state index in [4.69, 9.17) is 9.47 Å². The van der Waals surface area contributed by atoms with Crippen LogP contribution in [0.3, 0.4) is 0 Å². The Labute approximate surface area is 341 Å². The van der Waals surface area contributed by atoms with Crippen molar-refractivity contribution >= 4 is 26.7 Å². The van der Waals surface area contributed by atoms with Crippen LogP contribution in [-0.2, 0) is 43.9 Å². The van der Waals surface area contributed by atoms with Crippen LogP contribution < -0.4 is 10.0 Å². The molecule has 0 aromatic heterocycles. The summed E-state index contributed by atoms with van der Waals surface area (Å²) in [6.45, 7) is 4.95. The average Bonchev–Trinajstić information content (AvgIpc) is 3.25. The summed E-state index contributed by atoms with van der Waals surface area (Å²) in [5.74, 6) is -0.428. The molecule has 5 atom stereocenters. The molecule has 7 rings (SSSR count). The number of aliphatic hydroxyl groups excluding tert-OH is 1. The molecule has 1 amide bonds. The molecule has 58 heavy (non-hydrogen) atoms. The van der Waals surface area contributed by atoms with Crippen molar-refractivity contribution in [3.63, 3.8) is 0 Å². The number of hydrogen-bond acceptors (Lipinski definition) is 7. The van der Waals surface area contributed by atoms with Crippen LogP contribution in [0.5, 0.6) is 0 Å². The fourth-order valence-electron chi connectivity index (χ4n) is 7.35. The molecule has 1 aliphatic heterocycles. The number of fused-ring (bicyclic) bond motifs is 1. The van der Waals surface area contributed by atoms with Gasteiger partial charge in [-0.3, -0.25) is 9.69 Å². The van der Waals surface area contributed by atoms with Gasteiger partial charge in [-0.05, 0) is 84.1 Å². The van der Waals surface area contributed by atoms with Gasteiger partial charge in [0, 0.05) is 31.1 Å². The third kappa shape index (κ3) is 10.3. The van der Waals surface area contributed by atoms with Crippen molar-refractivity contribution < 1.29 is 27.8 Å². The number of carbonyl (C=O) groups excluding carboxylic acids is 1. The second kappa shape index (κ2) is 18.6. The van der Waals surface area contributed by atoms with Gasteiger partial charge in [0.05, 0.1) is 23.7 Å². The lowest BCUT2D eigenvalue weighted by molar-refractivity contribution is -0.253. The number of aliphatic hydroxyl groups is 1. The van der Waals surface area contributed by atoms with Crippen molar-refractivity contribution in [2.75, 3.05) is 13.6 Å². The summed E-state index contributed by atoms with van der Waals surface area (Å²) in [7, 11) is -1.84. The van der Waals surface area contributed by atoms with Gasteiger partial charge < -0.3 is 19.9 Å². The molecule has 1 fully saturated rings. The van der Waals surface area contributed by atoms with Crippen molar-refractivity contribution in [1.29, 1.82) is 0 Å². The Morgan fingerprint density at radius 1 is 0.776 bits per heavy atom. The summed E-state index contributed by atoms with van der Waals surface area (Å²) in [5, 5.41) is 15.0. The van der Waals surface area contributed by atoms with Gasteiger partial charge in [0.2, 0.25) is 15.9 Å². The van der Waals surface area contributed by atoms with E-state index in [-0.39, 0.29) is 42.7 Å². The van der Waals surface area contributed by atoms with Crippen LogP contribution in [0.1, 0.15) is 70.7 Å². The third-order valence-corrected chi connectivity index (χ3v) is 12.5. The minimum absolute atomic E-state index is 0.0266. The highest BCUT2D eigenvalue weighted by Crippen LogP contribution is 2.39. The molecule has 0 aliphatic carbocycles. The summed E-state index contributed by atoms with van der Waals surface area (Å²) in [6.07, 6.45) is -0.163. The number of likely N-dealkylation sites (N-methyl/N-ethyl adjacent to an activating group) is 1. The van der Waals surface area contributed by atoms with E-state index in [2.05, 4.69) is 71.4 Å². The number of ether oxygens (including phenoxy) is 2. The molecule has 6 aromatic rings. The average molecular weight is 798 g/mol. The van der Waals surface area contributed by atoms with Crippen LogP contribution in [0.4, 0.5) is 0 Å². The van der Waals surface area contributed by atoms with E-state index < -0.39 is 28.3 Å². The lowest BCUT2D eigenvalue weighted by atomic mass is 9.98. The highest BCUT2D eigenvalue weighted by Gasteiger charge is 2.34. The second-order valence-electron chi connectivity index (χ2n) is 15.2. The minimum Gasteiger partial charge on any atom is -0.392 e. The number of nitrogens with zero attached hydrogens (tertiary/aromatic N) is 1. The Morgan fingerprint density at radius 3 is 2.14 bits per heavy atom. The van der Waals surface area contributed by atoms with Gasteiger partial charge in [-0.1, -0.05) is 133 Å². The Hall–Kier alpha value is -5.20. The number of hydrogen-bond donors (Lipinski definition) is 3. The maximum absolute atomic E-state index is 13.6. The highest BCUT2D eigenvalue weighted by atomic mass is 32.2. The zero-order chi connectivity index (χ0) is 40.6. The van der Waals surface area contributed by atoms with E-state index >= 15 is 0 Å². The molecule has 3 N–H and O–H groups in total. The molecule has 0 radical (unpaired) electrons. The van der Waals surface area contributed by atoms with Crippen molar-refractivity contribution in [1.82, 2.24) is 14.9 Å². The van der Waals surface area contributed by atoms with Crippen LogP contribution in [0.15, 0.2) is 150 Å². The van der Waals surface area contributed by atoms with Crippen molar-refractivity contribution in [2.24, 2.45) is 0 Å². The fourth-order valence-corrected chi connectivity index (χ4v) is 8.55. The third-order valence-electron chi connectivity index (χ3n) is 11.0. The molecule has 1 aliphatic rings. The molecule has 0 saturated carbocycles. The highest BCUT2D eigenvalue weighted by molar-refractivity contribution is 7.89. The Balaban J connectivity index is 1.04. The molecule has 300 valence electrons. The summed E-state index contributed by atoms with van der Waals surface area (Å²) in [6, 6.07) is 45.6. The van der Waals surface area contributed by atoms with Gasteiger partial charge in [-0.25, -0.2) is 8.42 Å². The summed E-state index contributed by atoms with van der Waals surface area (Å²) >= 11 is 0. The number of carbonyl (C=O) groups is 1. The first-order chi connectivity index (χ1) is 28.0. The Kier molecular flexibility index (Phi) is 13.1. The molecule has 0 unspecified atom stereocenters. The van der Waals surface area contributed by atoms with Gasteiger partial charge in [0.25, 0.3) is 0 Å². The van der Waals surface area contributed by atoms with E-state index in [1.54, 1.807) is 24.3 Å². The standard InChI is InChI=1S/C48H51N3O6S/c1-33-13-25-44(26-14-33)58(54,55)50-45(27-35-9-5-4-6-10-35)47(53)49-30-36-15-21-40(22-16-36)48-56-43(29-46(57-48)39-19-17-37(32-52)18-20-39)31-51(3)34(2)41-24-23-38-11-7-8-12-42(38)28-41/h4-26,28,34,43,45-46,48,50,52H,27,29-32H2,1-3H3,(H,49,53)/t34-,43+,45-,46-,48-/m1/s1. The largest absolute Gasteiger partial charge is 0.392 e. The van der Waals surface area contributed by atoms with Gasteiger partial charge in [0.15, 0.2) is 6.29 Å². The SMILES string of the molecule is Cc1ccc(S(=O)(=O)N[C@H](Cc2ccccc2)C(=O)NCc2ccc([C@@H]3O[C@H](CN(C)[C@H](C)c4ccc5ccccc5c4)C[C@H](c4ccc(CO)cc4)O3)cc2)cc1. The summed E-state index contributed by atoms with van der Waals surface area (Å²) < 4.78 is 42.6. The molecule has 6 aromatic carbocycles. The monoisotopic (exact) mass is 797 g/mol. The Bertz CT molecular complexity index is 2390. The van der Waals surface area contributed by atoms with E-state index in [9.17, 15) is 18.3 Å². The van der Waals surface area contributed by atoms with E-state index in [0.29, 0.717) is 13.0 Å². The number of sulfonamides is 1. The molecule has 0 spiro atoms. The lowest BCUT2D eigenvalue weighted by Crippen LogP contribution is -2.47. The predicted molar refractivity (Wildman–Crippen MR) is 227 cm³/mol. The number of rotatable bonds is 15. The molecule has 9 nitrogen and oxygen atoms in total.